The maximum atomic E-state index is 2.44. The Morgan fingerprint density at radius 1 is 1.18 bits per heavy atom. The van der Waals surface area contributed by atoms with E-state index in [0.717, 1.165) is 5.92 Å². The molecule has 0 bridgehead atoms. The van der Waals surface area contributed by atoms with Crippen molar-refractivity contribution in [1.29, 1.82) is 0 Å². The van der Waals surface area contributed by atoms with E-state index in [1.807, 2.05) is 0 Å². The van der Waals surface area contributed by atoms with Crippen LogP contribution in [0.15, 0.2) is 18.2 Å². The Bertz CT molecular complexity index is 343. The lowest BCUT2D eigenvalue weighted by atomic mass is 9.97. The van der Waals surface area contributed by atoms with E-state index in [2.05, 4.69) is 57.8 Å². The second kappa shape index (κ2) is 6.80. The van der Waals surface area contributed by atoms with Crippen LogP contribution in [0.5, 0.6) is 0 Å². The molecule has 0 amide bonds. The fraction of sp³-hybridized carbons (Fsp3) is 0.625. The van der Waals surface area contributed by atoms with Gasteiger partial charge in [-0.15, -0.1) is 0 Å². The van der Waals surface area contributed by atoms with E-state index in [4.69, 9.17) is 0 Å². The summed E-state index contributed by atoms with van der Waals surface area (Å²) in [6.07, 6.45) is 2.43. The van der Waals surface area contributed by atoms with E-state index in [9.17, 15) is 0 Å². The number of aryl methyl sites for hydroxylation is 2. The Labute approximate surface area is 107 Å². The summed E-state index contributed by atoms with van der Waals surface area (Å²) in [4.78, 5) is 2.44. The van der Waals surface area contributed by atoms with E-state index < -0.39 is 0 Å². The van der Waals surface area contributed by atoms with Crippen molar-refractivity contribution in [2.45, 2.75) is 40.5 Å². The van der Waals surface area contributed by atoms with Crippen LogP contribution in [-0.4, -0.2) is 25.0 Å². The summed E-state index contributed by atoms with van der Waals surface area (Å²) in [6, 6.07) is 6.86. The first kappa shape index (κ1) is 14.2. The van der Waals surface area contributed by atoms with Crippen molar-refractivity contribution >= 4 is 0 Å². The van der Waals surface area contributed by atoms with Crippen molar-refractivity contribution in [2.75, 3.05) is 20.1 Å². The molecule has 96 valence electrons. The van der Waals surface area contributed by atoms with Gasteiger partial charge in [0.25, 0.3) is 0 Å². The van der Waals surface area contributed by atoms with Crippen molar-refractivity contribution in [1.82, 2.24) is 4.90 Å². The molecule has 17 heavy (non-hydrogen) atoms. The maximum Gasteiger partial charge on any atom is 0.000714 e. The molecule has 0 aliphatic heterocycles. The smallest absolute Gasteiger partial charge is 0.000714 e. The monoisotopic (exact) mass is 233 g/mol. The van der Waals surface area contributed by atoms with Crippen LogP contribution >= 0.6 is 0 Å². The number of benzene rings is 1. The number of nitrogens with zero attached hydrogens (tertiary/aromatic N) is 1. The summed E-state index contributed by atoms with van der Waals surface area (Å²) in [5, 5.41) is 0. The highest BCUT2D eigenvalue weighted by molar-refractivity contribution is 5.30. The van der Waals surface area contributed by atoms with Crippen LogP contribution in [0.2, 0.25) is 0 Å². The van der Waals surface area contributed by atoms with Crippen molar-refractivity contribution in [3.63, 3.8) is 0 Å². The van der Waals surface area contributed by atoms with Crippen molar-refractivity contribution in [3.8, 4) is 0 Å². The second-order valence-corrected chi connectivity index (χ2v) is 5.49. The highest BCUT2D eigenvalue weighted by Crippen LogP contribution is 2.14. The van der Waals surface area contributed by atoms with Crippen LogP contribution in [0.1, 0.15) is 37.0 Å². The molecule has 0 saturated carbocycles. The Kier molecular flexibility index (Phi) is 5.70. The average Bonchev–Trinajstić information content (AvgIpc) is 2.23. The Hall–Kier alpha value is -0.820. The minimum absolute atomic E-state index is 0.730. The third-order valence-corrected chi connectivity index (χ3v) is 3.38. The van der Waals surface area contributed by atoms with Crippen LogP contribution in [0.25, 0.3) is 0 Å². The molecule has 1 rings (SSSR count). The van der Waals surface area contributed by atoms with Gasteiger partial charge in [0.2, 0.25) is 0 Å². The molecule has 0 heterocycles. The largest absolute Gasteiger partial charge is 0.306 e. The van der Waals surface area contributed by atoms with E-state index in [1.54, 1.807) is 0 Å². The van der Waals surface area contributed by atoms with Gasteiger partial charge in [0, 0.05) is 6.54 Å². The molecule has 1 nitrogen and oxygen atoms in total. The minimum atomic E-state index is 0.730. The molecule has 1 aromatic carbocycles. The fourth-order valence-electron chi connectivity index (χ4n) is 2.40. The highest BCUT2D eigenvalue weighted by atomic mass is 15.1. The predicted octanol–water partition coefficient (Wildman–Crippen LogP) is 3.82. The zero-order valence-corrected chi connectivity index (χ0v) is 12.1. The van der Waals surface area contributed by atoms with Gasteiger partial charge >= 0.3 is 0 Å². The lowest BCUT2D eigenvalue weighted by Gasteiger charge is -2.21. The summed E-state index contributed by atoms with van der Waals surface area (Å²) in [6.45, 7) is 11.4. The summed E-state index contributed by atoms with van der Waals surface area (Å²) in [5.74, 6) is 0.730. The van der Waals surface area contributed by atoms with Gasteiger partial charge < -0.3 is 4.90 Å². The summed E-state index contributed by atoms with van der Waals surface area (Å²) in [5.41, 5.74) is 4.28. The Morgan fingerprint density at radius 3 is 2.47 bits per heavy atom. The standard InChI is InChI=1S/C16H27N/c1-6-9-17(5)12-13(2)10-16-8-7-14(3)15(4)11-16/h7-8,11,13H,6,9-10,12H2,1-5H3. The van der Waals surface area contributed by atoms with E-state index in [1.165, 1.54) is 42.6 Å². The molecule has 0 saturated heterocycles. The number of hydrogen-bond donors (Lipinski definition) is 0. The van der Waals surface area contributed by atoms with Crippen molar-refractivity contribution in [2.24, 2.45) is 5.92 Å². The molecule has 0 fully saturated rings. The summed E-state index contributed by atoms with van der Waals surface area (Å²) in [7, 11) is 2.22. The zero-order valence-electron chi connectivity index (χ0n) is 12.1. The van der Waals surface area contributed by atoms with Crippen LogP contribution in [0, 0.1) is 19.8 Å². The lowest BCUT2D eigenvalue weighted by molar-refractivity contribution is 0.285. The quantitative estimate of drug-likeness (QED) is 0.722. The minimum Gasteiger partial charge on any atom is -0.306 e. The van der Waals surface area contributed by atoms with Gasteiger partial charge in [0.05, 0.1) is 0 Å². The fourth-order valence-corrected chi connectivity index (χ4v) is 2.40. The van der Waals surface area contributed by atoms with E-state index >= 15 is 0 Å². The van der Waals surface area contributed by atoms with Crippen molar-refractivity contribution < 1.29 is 0 Å². The molecule has 1 unspecified atom stereocenters. The first-order chi connectivity index (χ1) is 8.02. The van der Waals surface area contributed by atoms with E-state index in [-0.39, 0.29) is 0 Å². The third kappa shape index (κ3) is 4.91. The molecule has 0 aromatic heterocycles. The molecule has 0 N–H and O–H groups in total. The van der Waals surface area contributed by atoms with Gasteiger partial charge in [-0.3, -0.25) is 0 Å². The van der Waals surface area contributed by atoms with Crippen LogP contribution < -0.4 is 0 Å². The van der Waals surface area contributed by atoms with Crippen molar-refractivity contribution in [3.05, 3.63) is 34.9 Å². The third-order valence-electron chi connectivity index (χ3n) is 3.38. The highest BCUT2D eigenvalue weighted by Gasteiger charge is 2.07. The van der Waals surface area contributed by atoms with Gasteiger partial charge in [0.15, 0.2) is 0 Å². The zero-order chi connectivity index (χ0) is 12.8. The van der Waals surface area contributed by atoms with Crippen LogP contribution in [-0.2, 0) is 6.42 Å². The SMILES string of the molecule is CCCN(C)CC(C)Cc1ccc(C)c(C)c1. The molecule has 0 radical (unpaired) electrons. The molecule has 0 spiro atoms. The van der Waals surface area contributed by atoms with Gasteiger partial charge in [-0.2, -0.15) is 0 Å². The molecule has 1 aromatic rings. The molecule has 1 atom stereocenters. The first-order valence-corrected chi connectivity index (χ1v) is 6.77. The molecule has 0 aliphatic carbocycles. The maximum absolute atomic E-state index is 2.44. The first-order valence-electron chi connectivity index (χ1n) is 6.77. The van der Waals surface area contributed by atoms with Crippen LogP contribution in [0.3, 0.4) is 0 Å². The van der Waals surface area contributed by atoms with Gasteiger partial charge in [-0.1, -0.05) is 32.0 Å². The molecule has 0 aliphatic rings. The van der Waals surface area contributed by atoms with Gasteiger partial charge in [-0.25, -0.2) is 0 Å². The topological polar surface area (TPSA) is 3.24 Å². The van der Waals surface area contributed by atoms with Crippen LogP contribution in [0.4, 0.5) is 0 Å². The number of hydrogen-bond acceptors (Lipinski definition) is 1. The predicted molar refractivity (Wildman–Crippen MR) is 76.6 cm³/mol. The number of rotatable bonds is 6. The summed E-state index contributed by atoms with van der Waals surface area (Å²) >= 11 is 0. The van der Waals surface area contributed by atoms with Gasteiger partial charge in [-0.05, 0) is 62.9 Å². The summed E-state index contributed by atoms with van der Waals surface area (Å²) < 4.78 is 0. The second-order valence-electron chi connectivity index (χ2n) is 5.49. The average molecular weight is 233 g/mol. The Balaban J connectivity index is 2.50. The van der Waals surface area contributed by atoms with Gasteiger partial charge in [0.1, 0.15) is 0 Å². The molecular formula is C16H27N. The lowest BCUT2D eigenvalue weighted by Crippen LogP contribution is -2.26. The normalized spacial score (nSPS) is 13.1. The molecular weight excluding hydrogens is 206 g/mol. The Morgan fingerprint density at radius 2 is 1.88 bits per heavy atom. The molecule has 1 heteroatoms. The van der Waals surface area contributed by atoms with E-state index in [0.29, 0.717) is 0 Å².